The fourth-order valence-corrected chi connectivity index (χ4v) is 2.73. The van der Waals surface area contributed by atoms with Crippen LogP contribution in [0.25, 0.3) is 10.8 Å². The van der Waals surface area contributed by atoms with Crippen molar-refractivity contribution < 1.29 is 14.3 Å². The zero-order valence-corrected chi connectivity index (χ0v) is 14.7. The molecule has 0 heterocycles. The first-order valence-corrected chi connectivity index (χ1v) is 8.32. The van der Waals surface area contributed by atoms with Crippen LogP contribution in [0.4, 0.5) is 5.69 Å². The van der Waals surface area contributed by atoms with Gasteiger partial charge in [0.1, 0.15) is 5.75 Å². The minimum Gasteiger partial charge on any atom is -0.484 e. The third-order valence-electron chi connectivity index (χ3n) is 3.60. The molecule has 0 bridgehead atoms. The topological polar surface area (TPSA) is 81.4 Å². The maximum atomic E-state index is 12.0. The highest BCUT2D eigenvalue weighted by molar-refractivity contribution is 9.10. The van der Waals surface area contributed by atoms with Gasteiger partial charge in [0.05, 0.1) is 0 Å². The second-order valence-corrected chi connectivity index (χ2v) is 6.35. The molecule has 0 atom stereocenters. The molecule has 6 heteroatoms. The molecule has 0 aromatic heterocycles. The van der Waals surface area contributed by atoms with Crippen LogP contribution in [0.3, 0.4) is 0 Å². The van der Waals surface area contributed by atoms with E-state index in [4.69, 9.17) is 10.5 Å². The first-order valence-electron chi connectivity index (χ1n) is 7.53. The molecular formula is C19H15BrN2O3. The van der Waals surface area contributed by atoms with E-state index in [0.717, 1.165) is 15.2 Å². The van der Waals surface area contributed by atoms with Gasteiger partial charge < -0.3 is 15.8 Å². The lowest BCUT2D eigenvalue weighted by molar-refractivity contribution is -0.118. The summed E-state index contributed by atoms with van der Waals surface area (Å²) in [5.41, 5.74) is 6.13. The maximum absolute atomic E-state index is 12.0. The van der Waals surface area contributed by atoms with Gasteiger partial charge in [-0.3, -0.25) is 9.59 Å². The lowest BCUT2D eigenvalue weighted by Crippen LogP contribution is -2.20. The Kier molecular flexibility index (Phi) is 5.00. The summed E-state index contributed by atoms with van der Waals surface area (Å²) in [7, 11) is 0. The van der Waals surface area contributed by atoms with E-state index in [0.29, 0.717) is 17.0 Å². The fraction of sp³-hybridized carbons (Fsp3) is 0.0526. The largest absolute Gasteiger partial charge is 0.484 e. The van der Waals surface area contributed by atoms with Crippen molar-refractivity contribution in [3.63, 3.8) is 0 Å². The average molecular weight is 399 g/mol. The van der Waals surface area contributed by atoms with Crippen molar-refractivity contribution in [3.05, 3.63) is 70.7 Å². The van der Waals surface area contributed by atoms with Gasteiger partial charge in [-0.25, -0.2) is 0 Å². The molecule has 25 heavy (non-hydrogen) atoms. The van der Waals surface area contributed by atoms with Gasteiger partial charge in [0, 0.05) is 15.7 Å². The van der Waals surface area contributed by atoms with Crippen LogP contribution in [0.15, 0.2) is 65.1 Å². The number of benzene rings is 3. The molecule has 2 amide bonds. The Hall–Kier alpha value is -2.86. The number of ether oxygens (including phenoxy) is 1. The normalized spacial score (nSPS) is 10.4. The van der Waals surface area contributed by atoms with Crippen LogP contribution >= 0.6 is 15.9 Å². The minimum atomic E-state index is -0.510. The molecule has 0 aliphatic heterocycles. The van der Waals surface area contributed by atoms with Gasteiger partial charge in [0.25, 0.3) is 5.91 Å². The standard InChI is InChI=1S/C19H15BrN2O3/c20-15-5-1-14-10-17(8-4-13(14)9-15)25-11-18(23)22-16-6-2-12(3-7-16)19(21)24/h1-10H,11H2,(H2,21,24)(H,22,23). The van der Waals surface area contributed by atoms with Gasteiger partial charge in [0.2, 0.25) is 5.91 Å². The number of carbonyl (C=O) groups is 2. The van der Waals surface area contributed by atoms with Crippen LogP contribution in [0.5, 0.6) is 5.75 Å². The van der Waals surface area contributed by atoms with Gasteiger partial charge in [-0.2, -0.15) is 0 Å². The van der Waals surface area contributed by atoms with E-state index in [2.05, 4.69) is 21.2 Å². The second kappa shape index (κ2) is 7.36. The molecule has 0 aliphatic rings. The van der Waals surface area contributed by atoms with E-state index in [1.165, 1.54) is 0 Å². The SMILES string of the molecule is NC(=O)c1ccc(NC(=O)COc2ccc3cc(Br)ccc3c2)cc1. The Morgan fingerprint density at radius 2 is 1.64 bits per heavy atom. The number of hydrogen-bond donors (Lipinski definition) is 2. The van der Waals surface area contributed by atoms with Crippen LogP contribution < -0.4 is 15.8 Å². The van der Waals surface area contributed by atoms with Crippen LogP contribution in [0.1, 0.15) is 10.4 Å². The number of nitrogens with one attached hydrogen (secondary N) is 1. The summed E-state index contributed by atoms with van der Waals surface area (Å²) in [5.74, 6) is -0.179. The zero-order chi connectivity index (χ0) is 17.8. The molecule has 0 aliphatic carbocycles. The smallest absolute Gasteiger partial charge is 0.262 e. The molecule has 0 spiro atoms. The lowest BCUT2D eigenvalue weighted by atomic mass is 10.1. The molecule has 0 radical (unpaired) electrons. The molecule has 0 unspecified atom stereocenters. The van der Waals surface area contributed by atoms with Crippen LogP contribution in [0, 0.1) is 0 Å². The van der Waals surface area contributed by atoms with Gasteiger partial charge in [0.15, 0.2) is 6.61 Å². The quantitative estimate of drug-likeness (QED) is 0.686. The van der Waals surface area contributed by atoms with Crippen LogP contribution in [-0.4, -0.2) is 18.4 Å². The summed E-state index contributed by atoms with van der Waals surface area (Å²) >= 11 is 3.43. The van der Waals surface area contributed by atoms with E-state index in [1.807, 2.05) is 36.4 Å². The predicted molar refractivity (Wildman–Crippen MR) is 101 cm³/mol. The van der Waals surface area contributed by atoms with E-state index in [1.54, 1.807) is 24.3 Å². The van der Waals surface area contributed by atoms with E-state index in [-0.39, 0.29) is 12.5 Å². The van der Waals surface area contributed by atoms with Crippen LogP contribution in [0.2, 0.25) is 0 Å². The molecule has 126 valence electrons. The van der Waals surface area contributed by atoms with Crippen molar-refractivity contribution in [2.45, 2.75) is 0 Å². The number of halogens is 1. The molecule has 3 aromatic carbocycles. The highest BCUT2D eigenvalue weighted by atomic mass is 79.9. The van der Waals surface area contributed by atoms with Crippen molar-refractivity contribution in [1.82, 2.24) is 0 Å². The fourth-order valence-electron chi connectivity index (χ4n) is 2.35. The molecule has 0 saturated heterocycles. The summed E-state index contributed by atoms with van der Waals surface area (Å²) in [5, 5.41) is 4.82. The van der Waals surface area contributed by atoms with Crippen molar-refractivity contribution >= 4 is 44.2 Å². The Morgan fingerprint density at radius 1 is 0.960 bits per heavy atom. The van der Waals surface area contributed by atoms with Gasteiger partial charge >= 0.3 is 0 Å². The minimum absolute atomic E-state index is 0.112. The number of carbonyl (C=O) groups excluding carboxylic acids is 2. The number of anilines is 1. The summed E-state index contributed by atoms with van der Waals surface area (Å²) in [6.45, 7) is -0.112. The number of hydrogen-bond acceptors (Lipinski definition) is 3. The average Bonchev–Trinajstić information content (AvgIpc) is 2.60. The van der Waals surface area contributed by atoms with Crippen LogP contribution in [-0.2, 0) is 4.79 Å². The van der Waals surface area contributed by atoms with E-state index in [9.17, 15) is 9.59 Å². The van der Waals surface area contributed by atoms with Gasteiger partial charge in [-0.1, -0.05) is 28.1 Å². The van der Waals surface area contributed by atoms with Gasteiger partial charge in [-0.05, 0) is 59.3 Å². The van der Waals surface area contributed by atoms with Crippen molar-refractivity contribution in [3.8, 4) is 5.75 Å². The Bertz CT molecular complexity index is 939. The molecule has 0 saturated carbocycles. The lowest BCUT2D eigenvalue weighted by Gasteiger charge is -2.09. The second-order valence-electron chi connectivity index (χ2n) is 5.43. The summed E-state index contributed by atoms with van der Waals surface area (Å²) in [6.07, 6.45) is 0. The molecule has 0 fully saturated rings. The zero-order valence-electron chi connectivity index (χ0n) is 13.2. The highest BCUT2D eigenvalue weighted by Gasteiger charge is 2.06. The number of fused-ring (bicyclic) bond motifs is 1. The molecular weight excluding hydrogens is 384 g/mol. The Balaban J connectivity index is 1.60. The summed E-state index contributed by atoms with van der Waals surface area (Å²) in [4.78, 5) is 23.0. The Labute approximate surface area is 152 Å². The number of rotatable bonds is 5. The summed E-state index contributed by atoms with van der Waals surface area (Å²) in [6, 6.07) is 17.9. The first kappa shape index (κ1) is 17.0. The van der Waals surface area contributed by atoms with Crippen molar-refractivity contribution in [2.75, 3.05) is 11.9 Å². The van der Waals surface area contributed by atoms with E-state index >= 15 is 0 Å². The molecule has 3 N–H and O–H groups in total. The third-order valence-corrected chi connectivity index (χ3v) is 4.09. The third kappa shape index (κ3) is 4.36. The number of nitrogens with two attached hydrogens (primary N) is 1. The van der Waals surface area contributed by atoms with Gasteiger partial charge in [-0.15, -0.1) is 0 Å². The number of amides is 2. The Morgan fingerprint density at radius 3 is 2.36 bits per heavy atom. The summed E-state index contributed by atoms with van der Waals surface area (Å²) < 4.78 is 6.55. The first-order chi connectivity index (χ1) is 12.0. The highest BCUT2D eigenvalue weighted by Crippen LogP contribution is 2.24. The molecule has 3 rings (SSSR count). The van der Waals surface area contributed by atoms with Crippen molar-refractivity contribution in [1.29, 1.82) is 0 Å². The van der Waals surface area contributed by atoms with Crippen molar-refractivity contribution in [2.24, 2.45) is 5.73 Å². The molecule has 3 aromatic rings. The monoisotopic (exact) mass is 398 g/mol. The number of primary amides is 1. The van der Waals surface area contributed by atoms with E-state index < -0.39 is 5.91 Å². The molecule has 5 nitrogen and oxygen atoms in total. The maximum Gasteiger partial charge on any atom is 0.262 e. The predicted octanol–water partition coefficient (Wildman–Crippen LogP) is 3.72.